The molecular weight excluding hydrogens is 442 g/mol. The lowest BCUT2D eigenvalue weighted by Crippen LogP contribution is -2.17. The van der Waals surface area contributed by atoms with Gasteiger partial charge in [-0.1, -0.05) is 27.5 Å². The Morgan fingerprint density at radius 1 is 0.929 bits per heavy atom. The maximum Gasteiger partial charge on any atom is 0.183 e. The molecule has 6 nitrogen and oxygen atoms in total. The van der Waals surface area contributed by atoms with Gasteiger partial charge in [-0.2, -0.15) is 0 Å². The molecule has 0 unspecified atom stereocenters. The largest absolute Gasteiger partial charge is 0.508 e. The van der Waals surface area contributed by atoms with Crippen molar-refractivity contribution in [1.29, 1.82) is 0 Å². The average Bonchev–Trinajstić information content (AvgIpc) is 3.14. The van der Waals surface area contributed by atoms with Gasteiger partial charge in [-0.15, -0.1) is 10.2 Å². The van der Waals surface area contributed by atoms with Gasteiger partial charge in [0.1, 0.15) is 5.75 Å². The average molecular weight is 457 g/mol. The quantitative estimate of drug-likeness (QED) is 0.448. The molecule has 0 aliphatic carbocycles. The third-order valence-electron chi connectivity index (χ3n) is 4.17. The van der Waals surface area contributed by atoms with E-state index in [2.05, 4.69) is 36.5 Å². The summed E-state index contributed by atoms with van der Waals surface area (Å²) in [5, 5.41) is 19.5. The van der Waals surface area contributed by atoms with Gasteiger partial charge in [-0.05, 0) is 54.6 Å². The van der Waals surface area contributed by atoms with Crippen LogP contribution < -0.4 is 5.43 Å². The second-order valence-corrected chi connectivity index (χ2v) is 7.39. The van der Waals surface area contributed by atoms with Gasteiger partial charge < -0.3 is 10.5 Å². The second-order valence-electron chi connectivity index (χ2n) is 6.03. The monoisotopic (exact) mass is 455 g/mol. The summed E-state index contributed by atoms with van der Waals surface area (Å²) < 4.78 is 2.69. The van der Waals surface area contributed by atoms with Gasteiger partial charge in [0.25, 0.3) is 0 Å². The Kier molecular flexibility index (Phi) is 5.27. The highest BCUT2D eigenvalue weighted by Gasteiger charge is 2.16. The van der Waals surface area contributed by atoms with Crippen LogP contribution in [0, 0.1) is 0 Å². The molecule has 0 atom stereocenters. The molecule has 0 saturated carbocycles. The number of hydrogen-bond acceptors (Lipinski definition) is 5. The number of aromatic hydroxyl groups is 1. The van der Waals surface area contributed by atoms with Crippen molar-refractivity contribution in [2.45, 2.75) is 6.54 Å². The highest BCUT2D eigenvalue weighted by atomic mass is 79.9. The second kappa shape index (κ2) is 8.00. The molecule has 140 valence electrons. The predicted octanol–water partition coefficient (Wildman–Crippen LogP) is 4.87. The summed E-state index contributed by atoms with van der Waals surface area (Å²) in [5.74, 6) is 1.49. The highest BCUT2D eigenvalue weighted by molar-refractivity contribution is 9.10. The van der Waals surface area contributed by atoms with Crippen molar-refractivity contribution in [1.82, 2.24) is 19.9 Å². The standard InChI is InChI=1S/C20H15BrClN5O/c21-16-3-6-18(28)15(11-16)12-24-27-19(13-1-4-17(22)5-2-13)25-26-20(27)14-7-9-23-10-8-14/h1-11,24,28H,12H2. The van der Waals surface area contributed by atoms with Crippen LogP contribution in [-0.4, -0.2) is 25.0 Å². The van der Waals surface area contributed by atoms with E-state index in [0.717, 1.165) is 21.2 Å². The molecule has 2 heterocycles. The van der Waals surface area contributed by atoms with E-state index in [1.165, 1.54) is 0 Å². The summed E-state index contributed by atoms with van der Waals surface area (Å²) in [7, 11) is 0. The Bertz CT molecular complexity index is 1100. The maximum absolute atomic E-state index is 10.1. The van der Waals surface area contributed by atoms with Crippen molar-refractivity contribution in [3.8, 4) is 28.5 Å². The first-order chi connectivity index (χ1) is 13.6. The fourth-order valence-electron chi connectivity index (χ4n) is 2.77. The number of rotatable bonds is 5. The molecule has 2 aromatic carbocycles. The minimum Gasteiger partial charge on any atom is -0.508 e. The first-order valence-electron chi connectivity index (χ1n) is 8.45. The van der Waals surface area contributed by atoms with Crippen molar-refractivity contribution in [3.05, 3.63) is 82.0 Å². The number of benzene rings is 2. The molecule has 28 heavy (non-hydrogen) atoms. The van der Waals surface area contributed by atoms with E-state index in [0.29, 0.717) is 23.2 Å². The van der Waals surface area contributed by atoms with Gasteiger partial charge in [0.15, 0.2) is 11.6 Å². The van der Waals surface area contributed by atoms with Crippen molar-refractivity contribution >= 4 is 27.5 Å². The summed E-state index contributed by atoms with van der Waals surface area (Å²) in [6, 6.07) is 16.4. The molecule has 0 saturated heterocycles. The zero-order valence-corrected chi connectivity index (χ0v) is 16.9. The Hall–Kier alpha value is -2.90. The first-order valence-corrected chi connectivity index (χ1v) is 9.62. The summed E-state index contributed by atoms with van der Waals surface area (Å²) in [5.41, 5.74) is 5.79. The minimum atomic E-state index is 0.210. The van der Waals surface area contributed by atoms with E-state index in [1.54, 1.807) is 29.2 Å². The lowest BCUT2D eigenvalue weighted by Gasteiger charge is -2.14. The van der Waals surface area contributed by atoms with Crippen LogP contribution in [0.2, 0.25) is 5.02 Å². The van der Waals surface area contributed by atoms with Gasteiger partial charge in [0.2, 0.25) is 0 Å². The lowest BCUT2D eigenvalue weighted by molar-refractivity contribution is 0.468. The number of hydrogen-bond donors (Lipinski definition) is 2. The summed E-state index contributed by atoms with van der Waals surface area (Å²) in [6.45, 7) is 0.377. The molecule has 0 amide bonds. The molecule has 2 aromatic heterocycles. The molecule has 0 radical (unpaired) electrons. The van der Waals surface area contributed by atoms with Crippen LogP contribution in [0.3, 0.4) is 0 Å². The number of nitrogens with one attached hydrogen (secondary N) is 1. The third kappa shape index (κ3) is 3.85. The molecule has 0 fully saturated rings. The Labute approximate surface area is 174 Å². The van der Waals surface area contributed by atoms with Crippen LogP contribution in [0.4, 0.5) is 0 Å². The van der Waals surface area contributed by atoms with Gasteiger partial charge in [-0.25, -0.2) is 4.68 Å². The molecule has 0 spiro atoms. The number of halogens is 2. The first kappa shape index (κ1) is 18.5. The van der Waals surface area contributed by atoms with Crippen LogP contribution in [0.1, 0.15) is 5.56 Å². The lowest BCUT2D eigenvalue weighted by atomic mass is 10.2. The highest BCUT2D eigenvalue weighted by Crippen LogP contribution is 2.26. The fraction of sp³-hybridized carbons (Fsp3) is 0.0500. The van der Waals surface area contributed by atoms with E-state index in [4.69, 9.17) is 11.6 Å². The van der Waals surface area contributed by atoms with E-state index in [-0.39, 0.29) is 5.75 Å². The van der Waals surface area contributed by atoms with Crippen LogP contribution >= 0.6 is 27.5 Å². The molecule has 0 aliphatic rings. The van der Waals surface area contributed by atoms with Crippen LogP contribution in [-0.2, 0) is 6.54 Å². The van der Waals surface area contributed by atoms with E-state index in [9.17, 15) is 5.11 Å². The smallest absolute Gasteiger partial charge is 0.183 e. The Balaban J connectivity index is 1.75. The molecular formula is C20H15BrClN5O. The number of aromatic nitrogens is 4. The maximum atomic E-state index is 10.1. The van der Waals surface area contributed by atoms with Crippen molar-refractivity contribution in [3.63, 3.8) is 0 Å². The number of phenols is 1. The zero-order chi connectivity index (χ0) is 19.5. The van der Waals surface area contributed by atoms with Gasteiger partial charge in [0, 0.05) is 38.6 Å². The topological polar surface area (TPSA) is 75.9 Å². The van der Waals surface area contributed by atoms with Gasteiger partial charge >= 0.3 is 0 Å². The molecule has 4 aromatic rings. The zero-order valence-electron chi connectivity index (χ0n) is 14.5. The van der Waals surface area contributed by atoms with Crippen LogP contribution in [0.25, 0.3) is 22.8 Å². The van der Waals surface area contributed by atoms with Crippen molar-refractivity contribution < 1.29 is 5.11 Å². The van der Waals surface area contributed by atoms with Crippen molar-refractivity contribution in [2.75, 3.05) is 5.43 Å². The van der Waals surface area contributed by atoms with Crippen molar-refractivity contribution in [2.24, 2.45) is 0 Å². The van der Waals surface area contributed by atoms with Crippen LogP contribution in [0.5, 0.6) is 5.75 Å². The summed E-state index contributed by atoms with van der Waals surface area (Å²) in [4.78, 5) is 4.06. The Morgan fingerprint density at radius 2 is 1.57 bits per heavy atom. The minimum absolute atomic E-state index is 0.210. The van der Waals surface area contributed by atoms with Gasteiger partial charge in [0.05, 0.1) is 6.54 Å². The number of phenolic OH excluding ortho intramolecular Hbond substituents is 1. The molecule has 2 N–H and O–H groups in total. The number of pyridine rings is 1. The summed E-state index contributed by atoms with van der Waals surface area (Å²) in [6.07, 6.45) is 3.41. The predicted molar refractivity (Wildman–Crippen MR) is 113 cm³/mol. The van der Waals surface area contributed by atoms with Gasteiger partial charge in [-0.3, -0.25) is 4.98 Å². The SMILES string of the molecule is Oc1ccc(Br)cc1CNn1c(-c2ccncc2)nnc1-c1ccc(Cl)cc1. The normalized spacial score (nSPS) is 10.8. The number of nitrogens with zero attached hydrogens (tertiary/aromatic N) is 4. The molecule has 0 bridgehead atoms. The summed E-state index contributed by atoms with van der Waals surface area (Å²) >= 11 is 9.45. The molecule has 4 rings (SSSR count). The van der Waals surface area contributed by atoms with Crippen LogP contribution in [0.15, 0.2) is 71.5 Å². The molecule has 0 aliphatic heterocycles. The molecule has 8 heteroatoms. The third-order valence-corrected chi connectivity index (χ3v) is 4.92. The van der Waals surface area contributed by atoms with E-state index >= 15 is 0 Å². The van der Waals surface area contributed by atoms with E-state index in [1.807, 2.05) is 42.5 Å². The Morgan fingerprint density at radius 3 is 2.25 bits per heavy atom. The van der Waals surface area contributed by atoms with E-state index < -0.39 is 0 Å². The fourth-order valence-corrected chi connectivity index (χ4v) is 3.30.